The summed E-state index contributed by atoms with van der Waals surface area (Å²) in [5, 5.41) is 7.61. The van der Waals surface area contributed by atoms with Gasteiger partial charge in [-0.1, -0.05) is 29.3 Å². The summed E-state index contributed by atoms with van der Waals surface area (Å²) >= 11 is 5.77. The summed E-state index contributed by atoms with van der Waals surface area (Å²) < 4.78 is 37.7. The maximum Gasteiger partial charge on any atom is 0.417 e. The molecule has 28 heavy (non-hydrogen) atoms. The van der Waals surface area contributed by atoms with E-state index in [0.29, 0.717) is 11.8 Å². The van der Waals surface area contributed by atoms with Gasteiger partial charge in [0, 0.05) is 24.8 Å². The second-order valence-corrected chi connectivity index (χ2v) is 6.28. The fourth-order valence-corrected chi connectivity index (χ4v) is 2.37. The van der Waals surface area contributed by atoms with Gasteiger partial charge in [0.2, 0.25) is 5.91 Å². The second-order valence-electron chi connectivity index (χ2n) is 5.88. The monoisotopic (exact) mass is 414 g/mol. The molecule has 0 saturated heterocycles. The van der Waals surface area contributed by atoms with Crippen molar-refractivity contribution in [2.75, 3.05) is 25.0 Å². The quantitative estimate of drug-likeness (QED) is 0.608. The largest absolute Gasteiger partial charge is 0.417 e. The standard InChI is InChI=1S/C18H18ClF3N4O2/c1-11-2-4-12(5-3-11)17(28)26-10-15(27)23-6-7-24-16-14(19)8-13(9-25-16)18(20,21)22/h2-5,8-9H,6-7,10H2,1H3,(H,23,27)(H,24,25)(H,26,28). The van der Waals surface area contributed by atoms with Gasteiger partial charge in [0.15, 0.2) is 0 Å². The Kier molecular flexibility index (Phi) is 7.22. The Morgan fingerprint density at radius 1 is 1.11 bits per heavy atom. The summed E-state index contributed by atoms with van der Waals surface area (Å²) in [6.45, 7) is 2.05. The highest BCUT2D eigenvalue weighted by molar-refractivity contribution is 6.32. The third-order valence-electron chi connectivity index (χ3n) is 3.63. The lowest BCUT2D eigenvalue weighted by Gasteiger charge is -2.11. The Morgan fingerprint density at radius 3 is 2.39 bits per heavy atom. The summed E-state index contributed by atoms with van der Waals surface area (Å²) in [6.07, 6.45) is -3.85. The van der Waals surface area contributed by atoms with Gasteiger partial charge >= 0.3 is 6.18 Å². The number of pyridine rings is 1. The van der Waals surface area contributed by atoms with Crippen molar-refractivity contribution in [3.63, 3.8) is 0 Å². The van der Waals surface area contributed by atoms with Crippen molar-refractivity contribution < 1.29 is 22.8 Å². The van der Waals surface area contributed by atoms with E-state index < -0.39 is 17.6 Å². The Balaban J connectivity index is 1.71. The third-order valence-corrected chi connectivity index (χ3v) is 3.92. The fraction of sp³-hybridized carbons (Fsp3) is 0.278. The normalized spacial score (nSPS) is 11.0. The molecular formula is C18H18ClF3N4O2. The molecule has 0 unspecified atom stereocenters. The number of rotatable bonds is 7. The molecule has 0 aliphatic carbocycles. The van der Waals surface area contributed by atoms with Crippen LogP contribution in [0.5, 0.6) is 0 Å². The van der Waals surface area contributed by atoms with E-state index in [-0.39, 0.29) is 36.4 Å². The van der Waals surface area contributed by atoms with E-state index in [1.807, 2.05) is 6.92 Å². The fourth-order valence-electron chi connectivity index (χ4n) is 2.14. The Hall–Kier alpha value is -2.81. The molecule has 0 aliphatic rings. The Morgan fingerprint density at radius 2 is 1.79 bits per heavy atom. The van der Waals surface area contributed by atoms with Crippen LogP contribution in [-0.2, 0) is 11.0 Å². The number of halogens is 4. The summed E-state index contributed by atoms with van der Waals surface area (Å²) in [4.78, 5) is 27.3. The highest BCUT2D eigenvalue weighted by atomic mass is 35.5. The smallest absolute Gasteiger partial charge is 0.367 e. The highest BCUT2D eigenvalue weighted by Gasteiger charge is 2.31. The van der Waals surface area contributed by atoms with Gasteiger partial charge in [0.05, 0.1) is 17.1 Å². The van der Waals surface area contributed by atoms with Gasteiger partial charge in [-0.15, -0.1) is 0 Å². The van der Waals surface area contributed by atoms with E-state index in [0.717, 1.165) is 11.6 Å². The number of carbonyl (C=O) groups excluding carboxylic acids is 2. The minimum atomic E-state index is -4.52. The molecule has 2 amide bonds. The van der Waals surface area contributed by atoms with Crippen LogP contribution in [0.25, 0.3) is 0 Å². The average molecular weight is 415 g/mol. The first-order chi connectivity index (χ1) is 13.2. The molecule has 1 aromatic carbocycles. The van der Waals surface area contributed by atoms with E-state index in [2.05, 4.69) is 20.9 Å². The first kappa shape index (κ1) is 21.5. The first-order valence-corrected chi connectivity index (χ1v) is 8.63. The van der Waals surface area contributed by atoms with Crippen molar-refractivity contribution in [3.05, 3.63) is 58.2 Å². The van der Waals surface area contributed by atoms with Crippen LogP contribution in [0.2, 0.25) is 5.02 Å². The van der Waals surface area contributed by atoms with Gasteiger partial charge in [0.1, 0.15) is 5.82 Å². The summed E-state index contributed by atoms with van der Waals surface area (Å²) in [5.74, 6) is -0.695. The van der Waals surface area contributed by atoms with Crippen LogP contribution < -0.4 is 16.0 Å². The topological polar surface area (TPSA) is 83.1 Å². The number of nitrogens with zero attached hydrogens (tertiary/aromatic N) is 1. The van der Waals surface area contributed by atoms with E-state index in [4.69, 9.17) is 11.6 Å². The van der Waals surface area contributed by atoms with Crippen molar-refractivity contribution in [1.82, 2.24) is 15.6 Å². The molecule has 10 heteroatoms. The number of alkyl halides is 3. The van der Waals surface area contributed by atoms with Crippen molar-refractivity contribution >= 4 is 29.2 Å². The van der Waals surface area contributed by atoms with Gasteiger partial charge in [-0.05, 0) is 25.1 Å². The highest BCUT2D eigenvalue weighted by Crippen LogP contribution is 2.32. The number of anilines is 1. The zero-order chi connectivity index (χ0) is 20.7. The molecule has 0 atom stereocenters. The van der Waals surface area contributed by atoms with Crippen LogP contribution in [0.1, 0.15) is 21.5 Å². The molecule has 150 valence electrons. The lowest BCUT2D eigenvalue weighted by atomic mass is 10.1. The van der Waals surface area contributed by atoms with Gasteiger partial charge in [0.25, 0.3) is 5.91 Å². The number of hydrogen-bond donors (Lipinski definition) is 3. The van der Waals surface area contributed by atoms with E-state index >= 15 is 0 Å². The van der Waals surface area contributed by atoms with Crippen LogP contribution in [0.3, 0.4) is 0 Å². The lowest BCUT2D eigenvalue weighted by molar-refractivity contribution is -0.137. The number of hydrogen-bond acceptors (Lipinski definition) is 4. The molecule has 6 nitrogen and oxygen atoms in total. The van der Waals surface area contributed by atoms with Crippen LogP contribution >= 0.6 is 11.6 Å². The van der Waals surface area contributed by atoms with E-state index in [1.165, 1.54) is 0 Å². The van der Waals surface area contributed by atoms with Gasteiger partial charge in [-0.25, -0.2) is 4.98 Å². The number of carbonyl (C=O) groups is 2. The van der Waals surface area contributed by atoms with Crippen LogP contribution in [-0.4, -0.2) is 36.4 Å². The molecule has 0 aliphatic heterocycles. The molecular weight excluding hydrogens is 397 g/mol. The Labute approximate surface area is 164 Å². The molecule has 1 heterocycles. The zero-order valence-electron chi connectivity index (χ0n) is 14.9. The molecule has 0 radical (unpaired) electrons. The predicted octanol–water partition coefficient (Wildman–Crippen LogP) is 3.02. The third kappa shape index (κ3) is 6.41. The van der Waals surface area contributed by atoms with Gasteiger partial charge in [-0.2, -0.15) is 13.2 Å². The molecule has 0 fully saturated rings. The number of aromatic nitrogens is 1. The molecule has 3 N–H and O–H groups in total. The molecule has 2 rings (SSSR count). The minimum absolute atomic E-state index is 0.0802. The van der Waals surface area contributed by atoms with Crippen LogP contribution in [0.4, 0.5) is 19.0 Å². The number of amides is 2. The number of benzene rings is 1. The van der Waals surface area contributed by atoms with Crippen molar-refractivity contribution in [2.45, 2.75) is 13.1 Å². The molecule has 0 spiro atoms. The SMILES string of the molecule is Cc1ccc(C(=O)NCC(=O)NCCNc2ncc(C(F)(F)F)cc2Cl)cc1. The maximum atomic E-state index is 12.6. The summed E-state index contributed by atoms with van der Waals surface area (Å²) in [5.41, 5.74) is 0.521. The summed E-state index contributed by atoms with van der Waals surface area (Å²) in [7, 11) is 0. The predicted molar refractivity (Wildman–Crippen MR) is 99.3 cm³/mol. The number of nitrogens with one attached hydrogen (secondary N) is 3. The van der Waals surface area contributed by atoms with Crippen LogP contribution in [0.15, 0.2) is 36.5 Å². The molecule has 2 aromatic rings. The van der Waals surface area contributed by atoms with E-state index in [1.54, 1.807) is 24.3 Å². The number of aryl methyl sites for hydroxylation is 1. The van der Waals surface area contributed by atoms with Crippen molar-refractivity contribution in [3.8, 4) is 0 Å². The maximum absolute atomic E-state index is 12.6. The molecule has 1 aromatic heterocycles. The average Bonchev–Trinajstić information content (AvgIpc) is 2.64. The van der Waals surface area contributed by atoms with Gasteiger partial charge in [-0.3, -0.25) is 9.59 Å². The molecule has 0 saturated carbocycles. The van der Waals surface area contributed by atoms with Crippen molar-refractivity contribution in [2.24, 2.45) is 0 Å². The zero-order valence-corrected chi connectivity index (χ0v) is 15.6. The lowest BCUT2D eigenvalue weighted by Crippen LogP contribution is -2.38. The van der Waals surface area contributed by atoms with Crippen molar-refractivity contribution in [1.29, 1.82) is 0 Å². The van der Waals surface area contributed by atoms with Crippen LogP contribution in [0, 0.1) is 6.92 Å². The van der Waals surface area contributed by atoms with E-state index in [9.17, 15) is 22.8 Å². The first-order valence-electron chi connectivity index (χ1n) is 8.25. The Bertz CT molecular complexity index is 842. The minimum Gasteiger partial charge on any atom is -0.367 e. The van der Waals surface area contributed by atoms with Gasteiger partial charge < -0.3 is 16.0 Å². The second kappa shape index (κ2) is 9.41. The summed E-state index contributed by atoms with van der Waals surface area (Å²) in [6, 6.07) is 7.68. The molecule has 0 bridgehead atoms.